The third kappa shape index (κ3) is 2.95. The Morgan fingerprint density at radius 2 is 2.12 bits per heavy atom. The molecule has 0 aliphatic rings. The van der Waals surface area contributed by atoms with Gasteiger partial charge in [0.15, 0.2) is 6.79 Å². The van der Waals surface area contributed by atoms with Crippen molar-refractivity contribution in [3.05, 3.63) is 29.8 Å². The lowest BCUT2D eigenvalue weighted by Gasteiger charge is -2.25. The normalized spacial score (nSPS) is 14.5. The molecule has 0 saturated carbocycles. The molecule has 0 aliphatic carbocycles. The van der Waals surface area contributed by atoms with Gasteiger partial charge in [-0.1, -0.05) is 19.1 Å². The summed E-state index contributed by atoms with van der Waals surface area (Å²) in [6.45, 7) is 1.67. The molecule has 1 rings (SSSR count). The molecule has 0 aliphatic heterocycles. The molecule has 2 N–H and O–H groups in total. The molecule has 16 heavy (non-hydrogen) atoms. The largest absolute Gasteiger partial charge is 0.468 e. The first-order valence-electron chi connectivity index (χ1n) is 5.22. The Morgan fingerprint density at radius 3 is 2.69 bits per heavy atom. The zero-order valence-electron chi connectivity index (χ0n) is 9.64. The zero-order chi connectivity index (χ0) is 12.0. The second-order valence-corrected chi connectivity index (χ2v) is 3.62. The Morgan fingerprint density at radius 1 is 1.38 bits per heavy atom. The van der Waals surface area contributed by atoms with Crippen molar-refractivity contribution in [1.82, 2.24) is 0 Å². The number of methoxy groups -OCH3 is 1. The molecule has 0 unspecified atom stereocenters. The summed E-state index contributed by atoms with van der Waals surface area (Å²) in [5.74, 6) is 0.611. The number of aliphatic hydroxyl groups is 2. The van der Waals surface area contributed by atoms with Crippen LogP contribution >= 0.6 is 0 Å². The minimum atomic E-state index is -1.20. The van der Waals surface area contributed by atoms with E-state index in [2.05, 4.69) is 0 Å². The van der Waals surface area contributed by atoms with E-state index in [-0.39, 0.29) is 13.4 Å². The van der Waals surface area contributed by atoms with Gasteiger partial charge in [0.05, 0.1) is 6.61 Å². The Kier molecular flexibility index (Phi) is 4.73. The van der Waals surface area contributed by atoms with E-state index in [0.717, 1.165) is 0 Å². The van der Waals surface area contributed by atoms with E-state index in [4.69, 9.17) is 9.47 Å². The van der Waals surface area contributed by atoms with Crippen molar-refractivity contribution in [2.45, 2.75) is 18.9 Å². The van der Waals surface area contributed by atoms with Crippen molar-refractivity contribution in [3.63, 3.8) is 0 Å². The standard InChI is InChI=1S/C12H18O4/c1-3-12(14,8-13)10-5-4-6-11(7-10)16-9-15-2/h4-7,13-14H,3,8-9H2,1-2H3/t12-/m1/s1. The molecule has 1 atom stereocenters. The highest BCUT2D eigenvalue weighted by Gasteiger charge is 2.26. The van der Waals surface area contributed by atoms with Crippen LogP contribution in [0.3, 0.4) is 0 Å². The van der Waals surface area contributed by atoms with Gasteiger partial charge < -0.3 is 19.7 Å². The van der Waals surface area contributed by atoms with Gasteiger partial charge in [-0.05, 0) is 24.1 Å². The van der Waals surface area contributed by atoms with Crippen LogP contribution in [0.5, 0.6) is 5.75 Å². The van der Waals surface area contributed by atoms with Crippen molar-refractivity contribution in [2.24, 2.45) is 0 Å². The first-order chi connectivity index (χ1) is 7.66. The molecule has 1 aromatic rings. The summed E-state index contributed by atoms with van der Waals surface area (Å²) < 4.78 is 10.1. The van der Waals surface area contributed by atoms with E-state index in [0.29, 0.717) is 17.7 Å². The van der Waals surface area contributed by atoms with Crippen LogP contribution in [0.4, 0.5) is 0 Å². The van der Waals surface area contributed by atoms with Gasteiger partial charge in [0.25, 0.3) is 0 Å². The maximum Gasteiger partial charge on any atom is 0.188 e. The molecular weight excluding hydrogens is 208 g/mol. The number of ether oxygens (including phenoxy) is 2. The number of hydrogen-bond donors (Lipinski definition) is 2. The number of benzene rings is 1. The van der Waals surface area contributed by atoms with Crippen LogP contribution < -0.4 is 4.74 Å². The maximum absolute atomic E-state index is 10.1. The van der Waals surface area contributed by atoms with Crippen molar-refractivity contribution < 1.29 is 19.7 Å². The van der Waals surface area contributed by atoms with Crippen LogP contribution in [0, 0.1) is 0 Å². The average Bonchev–Trinajstić information content (AvgIpc) is 2.35. The molecule has 90 valence electrons. The molecule has 0 fully saturated rings. The van der Waals surface area contributed by atoms with Crippen molar-refractivity contribution in [3.8, 4) is 5.75 Å². The van der Waals surface area contributed by atoms with E-state index in [1.807, 2.05) is 6.92 Å². The molecule has 4 nitrogen and oxygen atoms in total. The summed E-state index contributed by atoms with van der Waals surface area (Å²) in [5, 5.41) is 19.3. The minimum Gasteiger partial charge on any atom is -0.468 e. The maximum atomic E-state index is 10.1. The third-order valence-corrected chi connectivity index (χ3v) is 2.56. The predicted octanol–water partition coefficient (Wildman–Crippen LogP) is 1.26. The minimum absolute atomic E-state index is 0.160. The van der Waals surface area contributed by atoms with Gasteiger partial charge in [0, 0.05) is 7.11 Å². The monoisotopic (exact) mass is 226 g/mol. The van der Waals surface area contributed by atoms with Gasteiger partial charge in [-0.25, -0.2) is 0 Å². The van der Waals surface area contributed by atoms with E-state index < -0.39 is 5.60 Å². The molecule has 0 saturated heterocycles. The fourth-order valence-corrected chi connectivity index (χ4v) is 1.41. The van der Waals surface area contributed by atoms with Crippen LogP contribution in [-0.2, 0) is 10.3 Å². The molecule has 0 heterocycles. The quantitative estimate of drug-likeness (QED) is 0.717. The van der Waals surface area contributed by atoms with E-state index in [1.54, 1.807) is 31.4 Å². The van der Waals surface area contributed by atoms with Crippen molar-refractivity contribution in [1.29, 1.82) is 0 Å². The molecule has 4 heteroatoms. The number of rotatable bonds is 6. The molecule has 0 aromatic heterocycles. The lowest BCUT2D eigenvalue weighted by Crippen LogP contribution is -2.29. The predicted molar refractivity (Wildman–Crippen MR) is 60.2 cm³/mol. The van der Waals surface area contributed by atoms with Crippen molar-refractivity contribution in [2.75, 3.05) is 20.5 Å². The van der Waals surface area contributed by atoms with Gasteiger partial charge in [-0.15, -0.1) is 0 Å². The van der Waals surface area contributed by atoms with Crippen LogP contribution in [0.25, 0.3) is 0 Å². The van der Waals surface area contributed by atoms with E-state index >= 15 is 0 Å². The summed E-state index contributed by atoms with van der Waals surface area (Å²) in [5.41, 5.74) is -0.557. The average molecular weight is 226 g/mol. The van der Waals surface area contributed by atoms with Crippen LogP contribution in [-0.4, -0.2) is 30.7 Å². The van der Waals surface area contributed by atoms with Crippen LogP contribution in [0.15, 0.2) is 24.3 Å². The van der Waals surface area contributed by atoms with Gasteiger partial charge in [-0.3, -0.25) is 0 Å². The summed E-state index contributed by atoms with van der Waals surface area (Å²) in [7, 11) is 1.54. The van der Waals surface area contributed by atoms with E-state index in [9.17, 15) is 10.2 Å². The highest BCUT2D eigenvalue weighted by molar-refractivity contribution is 5.32. The first kappa shape index (κ1) is 13.0. The van der Waals surface area contributed by atoms with Crippen LogP contribution in [0.1, 0.15) is 18.9 Å². The Bertz CT molecular complexity index is 321. The van der Waals surface area contributed by atoms with Gasteiger partial charge >= 0.3 is 0 Å². The number of aliphatic hydroxyl groups excluding tert-OH is 1. The second kappa shape index (κ2) is 5.84. The number of hydrogen-bond acceptors (Lipinski definition) is 4. The molecule has 0 amide bonds. The Hall–Kier alpha value is -1.10. The Labute approximate surface area is 95.4 Å². The van der Waals surface area contributed by atoms with E-state index in [1.165, 1.54) is 0 Å². The molecule has 1 aromatic carbocycles. The summed E-state index contributed by atoms with van der Waals surface area (Å²) in [6.07, 6.45) is 0.442. The third-order valence-electron chi connectivity index (χ3n) is 2.56. The van der Waals surface area contributed by atoms with Gasteiger partial charge in [-0.2, -0.15) is 0 Å². The topological polar surface area (TPSA) is 58.9 Å². The highest BCUT2D eigenvalue weighted by Crippen LogP contribution is 2.27. The first-order valence-corrected chi connectivity index (χ1v) is 5.22. The summed E-state index contributed by atoms with van der Waals surface area (Å²) in [4.78, 5) is 0. The highest BCUT2D eigenvalue weighted by atomic mass is 16.7. The smallest absolute Gasteiger partial charge is 0.188 e. The summed E-state index contributed by atoms with van der Waals surface area (Å²) >= 11 is 0. The zero-order valence-corrected chi connectivity index (χ0v) is 9.64. The second-order valence-electron chi connectivity index (χ2n) is 3.62. The fraction of sp³-hybridized carbons (Fsp3) is 0.500. The fourth-order valence-electron chi connectivity index (χ4n) is 1.41. The molecular formula is C12H18O4. The summed E-state index contributed by atoms with van der Waals surface area (Å²) in [6, 6.07) is 7.02. The molecule has 0 spiro atoms. The van der Waals surface area contributed by atoms with Gasteiger partial charge in [0.2, 0.25) is 0 Å². The molecule has 0 radical (unpaired) electrons. The SMILES string of the molecule is CC[C@@](O)(CO)c1cccc(OCOC)c1. The van der Waals surface area contributed by atoms with Crippen molar-refractivity contribution >= 4 is 0 Å². The lowest BCUT2D eigenvalue weighted by atomic mass is 9.92. The Balaban J connectivity index is 2.88. The molecule has 0 bridgehead atoms. The lowest BCUT2D eigenvalue weighted by molar-refractivity contribution is -0.0226. The van der Waals surface area contributed by atoms with Crippen LogP contribution in [0.2, 0.25) is 0 Å². The van der Waals surface area contributed by atoms with Gasteiger partial charge in [0.1, 0.15) is 11.4 Å².